The number of nitrogens with zero attached hydrogens (tertiary/aromatic N) is 3. The van der Waals surface area contributed by atoms with Gasteiger partial charge in [-0.3, -0.25) is 28.4 Å². The molecule has 0 spiro atoms. The van der Waals surface area contributed by atoms with Crippen LogP contribution in [0.3, 0.4) is 0 Å². The zero-order valence-corrected chi connectivity index (χ0v) is 14.8. The van der Waals surface area contributed by atoms with E-state index in [0.717, 1.165) is 23.8 Å². The second-order valence-electron chi connectivity index (χ2n) is 7.71. The Labute approximate surface area is 149 Å². The molecule has 2 heterocycles. The zero-order valence-electron chi connectivity index (χ0n) is 14.8. The normalized spacial score (nSPS) is 21.5. The minimum absolute atomic E-state index is 0.0216. The van der Waals surface area contributed by atoms with Crippen LogP contribution in [0.5, 0.6) is 0 Å². The van der Waals surface area contributed by atoms with Crippen molar-refractivity contribution in [2.45, 2.75) is 69.6 Å². The van der Waals surface area contributed by atoms with Gasteiger partial charge in [0.25, 0.3) is 11.5 Å². The Morgan fingerprint density at radius 1 is 1.15 bits per heavy atom. The molecule has 8 heteroatoms. The summed E-state index contributed by atoms with van der Waals surface area (Å²) >= 11 is 0. The molecule has 26 heavy (non-hydrogen) atoms. The number of carbonyl (C=O) groups excluding carboxylic acids is 2. The molecule has 0 aromatic carbocycles. The molecule has 1 aromatic heterocycles. The molecule has 0 unspecified atom stereocenters. The van der Waals surface area contributed by atoms with E-state index in [4.69, 9.17) is 0 Å². The lowest BCUT2D eigenvalue weighted by Gasteiger charge is -2.38. The van der Waals surface area contributed by atoms with Crippen molar-refractivity contribution in [1.29, 1.82) is 0 Å². The summed E-state index contributed by atoms with van der Waals surface area (Å²) < 4.78 is 16.1. The molecule has 3 aliphatic rings. The molecular formula is C18H22FN3O4. The van der Waals surface area contributed by atoms with E-state index < -0.39 is 22.8 Å². The van der Waals surface area contributed by atoms with Crippen LogP contribution in [-0.2, 0) is 24.8 Å². The molecule has 0 saturated heterocycles. The molecule has 1 aromatic rings. The molecule has 0 bridgehead atoms. The van der Waals surface area contributed by atoms with Gasteiger partial charge in [-0.05, 0) is 44.9 Å². The lowest BCUT2D eigenvalue weighted by molar-refractivity contribution is -0.131. The second-order valence-corrected chi connectivity index (χ2v) is 7.71. The van der Waals surface area contributed by atoms with Crippen LogP contribution in [0.1, 0.15) is 61.0 Å². The third-order valence-corrected chi connectivity index (χ3v) is 5.89. The van der Waals surface area contributed by atoms with Gasteiger partial charge in [-0.1, -0.05) is 0 Å². The van der Waals surface area contributed by atoms with Crippen molar-refractivity contribution >= 4 is 11.8 Å². The van der Waals surface area contributed by atoms with E-state index in [0.29, 0.717) is 25.7 Å². The van der Waals surface area contributed by atoms with Crippen LogP contribution >= 0.6 is 0 Å². The van der Waals surface area contributed by atoms with Crippen LogP contribution in [0.15, 0.2) is 9.59 Å². The van der Waals surface area contributed by atoms with E-state index in [1.54, 1.807) is 0 Å². The number of halogens is 1. The first-order chi connectivity index (χ1) is 12.3. The van der Waals surface area contributed by atoms with Crippen molar-refractivity contribution < 1.29 is 14.0 Å². The van der Waals surface area contributed by atoms with Gasteiger partial charge in [-0.15, -0.1) is 0 Å². The molecular weight excluding hydrogens is 341 g/mol. The SMILES string of the molecule is Cn1c(=O)c2c(n(CCCC3(F)CC3)c1=O)C(=O)N(C1CCC1)C(=O)C2. The second kappa shape index (κ2) is 5.89. The molecule has 2 aliphatic carbocycles. The van der Waals surface area contributed by atoms with Crippen LogP contribution in [0.2, 0.25) is 0 Å². The van der Waals surface area contributed by atoms with Crippen molar-refractivity contribution in [2.24, 2.45) is 7.05 Å². The summed E-state index contributed by atoms with van der Waals surface area (Å²) in [6.45, 7) is 0.166. The maximum absolute atomic E-state index is 13.9. The zero-order chi connectivity index (χ0) is 18.6. The number of alkyl halides is 1. The largest absolute Gasteiger partial charge is 0.331 e. The number of aromatic nitrogens is 2. The van der Waals surface area contributed by atoms with E-state index in [-0.39, 0.29) is 36.2 Å². The highest BCUT2D eigenvalue weighted by Gasteiger charge is 2.43. The molecule has 1 aliphatic heterocycles. The average molecular weight is 363 g/mol. The summed E-state index contributed by atoms with van der Waals surface area (Å²) in [5, 5.41) is 0. The van der Waals surface area contributed by atoms with Gasteiger partial charge >= 0.3 is 5.69 Å². The minimum atomic E-state index is -1.14. The topological polar surface area (TPSA) is 81.4 Å². The molecule has 0 N–H and O–H groups in total. The molecule has 4 rings (SSSR count). The number of hydrogen-bond acceptors (Lipinski definition) is 4. The quantitative estimate of drug-likeness (QED) is 0.728. The highest BCUT2D eigenvalue weighted by Crippen LogP contribution is 2.43. The fourth-order valence-electron chi connectivity index (χ4n) is 3.86. The van der Waals surface area contributed by atoms with Gasteiger partial charge in [0.15, 0.2) is 0 Å². The maximum Gasteiger partial charge on any atom is 0.331 e. The van der Waals surface area contributed by atoms with Crippen molar-refractivity contribution in [3.63, 3.8) is 0 Å². The standard InChI is InChI=1S/C18H22FN3O4/c1-20-15(24)12-10-13(23)22(11-4-2-5-11)16(25)14(12)21(17(20)26)9-3-6-18(19)7-8-18/h11H,2-10H2,1H3. The monoisotopic (exact) mass is 363 g/mol. The van der Waals surface area contributed by atoms with E-state index in [2.05, 4.69) is 0 Å². The summed E-state index contributed by atoms with van der Waals surface area (Å²) in [5.41, 5.74) is -2.22. The smallest absolute Gasteiger partial charge is 0.288 e. The first-order valence-corrected chi connectivity index (χ1v) is 9.20. The predicted molar refractivity (Wildman–Crippen MR) is 90.8 cm³/mol. The van der Waals surface area contributed by atoms with Crippen LogP contribution in [0.25, 0.3) is 0 Å². The predicted octanol–water partition coefficient (Wildman–Crippen LogP) is 0.907. The lowest BCUT2D eigenvalue weighted by Crippen LogP contribution is -2.56. The van der Waals surface area contributed by atoms with Crippen LogP contribution in [0.4, 0.5) is 4.39 Å². The van der Waals surface area contributed by atoms with Gasteiger partial charge in [0.05, 0.1) is 12.0 Å². The van der Waals surface area contributed by atoms with Gasteiger partial charge < -0.3 is 0 Å². The highest BCUT2D eigenvalue weighted by atomic mass is 19.1. The van der Waals surface area contributed by atoms with E-state index in [1.165, 1.54) is 16.5 Å². The third kappa shape index (κ3) is 2.62. The summed E-state index contributed by atoms with van der Waals surface area (Å²) in [4.78, 5) is 51.7. The van der Waals surface area contributed by atoms with Crippen LogP contribution in [-0.4, -0.2) is 37.6 Å². The number of hydrogen-bond donors (Lipinski definition) is 0. The molecule has 0 radical (unpaired) electrons. The van der Waals surface area contributed by atoms with E-state index in [1.807, 2.05) is 0 Å². The van der Waals surface area contributed by atoms with Gasteiger partial charge in [-0.2, -0.15) is 0 Å². The first kappa shape index (κ1) is 17.2. The number of carbonyl (C=O) groups is 2. The first-order valence-electron chi connectivity index (χ1n) is 9.20. The number of rotatable bonds is 5. The van der Waals surface area contributed by atoms with Crippen LogP contribution in [0, 0.1) is 0 Å². The van der Waals surface area contributed by atoms with E-state index >= 15 is 0 Å². The minimum Gasteiger partial charge on any atom is -0.288 e. The Balaban J connectivity index is 1.74. The number of imide groups is 1. The third-order valence-electron chi connectivity index (χ3n) is 5.89. The van der Waals surface area contributed by atoms with Crippen molar-refractivity contribution in [3.8, 4) is 0 Å². The molecule has 2 fully saturated rings. The van der Waals surface area contributed by atoms with Crippen molar-refractivity contribution in [2.75, 3.05) is 0 Å². The Kier molecular flexibility index (Phi) is 3.89. The maximum atomic E-state index is 13.9. The number of amides is 2. The van der Waals surface area contributed by atoms with Gasteiger partial charge in [-0.25, -0.2) is 9.18 Å². The lowest BCUT2D eigenvalue weighted by atomic mass is 9.89. The molecule has 0 atom stereocenters. The van der Waals surface area contributed by atoms with Gasteiger partial charge in [0.1, 0.15) is 11.4 Å². The Bertz CT molecular complexity index is 908. The fourth-order valence-corrected chi connectivity index (χ4v) is 3.86. The molecule has 2 amide bonds. The summed E-state index contributed by atoms with van der Waals surface area (Å²) in [6.07, 6.45) is 4.11. The van der Waals surface area contributed by atoms with Gasteiger partial charge in [0.2, 0.25) is 5.91 Å². The molecule has 2 saturated carbocycles. The Morgan fingerprint density at radius 2 is 1.85 bits per heavy atom. The number of fused-ring (bicyclic) bond motifs is 1. The average Bonchev–Trinajstić information content (AvgIpc) is 3.28. The van der Waals surface area contributed by atoms with E-state index in [9.17, 15) is 23.6 Å². The summed E-state index contributed by atoms with van der Waals surface area (Å²) in [5.74, 6) is -0.938. The summed E-state index contributed by atoms with van der Waals surface area (Å²) in [6, 6.07) is -0.142. The fraction of sp³-hybridized carbons (Fsp3) is 0.667. The summed E-state index contributed by atoms with van der Waals surface area (Å²) in [7, 11) is 1.34. The Hall–Kier alpha value is -2.25. The van der Waals surface area contributed by atoms with Crippen molar-refractivity contribution in [3.05, 3.63) is 32.1 Å². The Morgan fingerprint density at radius 3 is 2.42 bits per heavy atom. The van der Waals surface area contributed by atoms with Crippen molar-refractivity contribution in [1.82, 2.24) is 14.0 Å². The van der Waals surface area contributed by atoms with Gasteiger partial charge in [0, 0.05) is 19.6 Å². The van der Waals surface area contributed by atoms with Crippen LogP contribution < -0.4 is 11.2 Å². The molecule has 7 nitrogen and oxygen atoms in total. The highest BCUT2D eigenvalue weighted by molar-refractivity contribution is 6.09. The molecule has 140 valence electrons.